The van der Waals surface area contributed by atoms with E-state index in [2.05, 4.69) is 71.2 Å². The van der Waals surface area contributed by atoms with Gasteiger partial charge in [-0.05, 0) is 69.8 Å². The van der Waals surface area contributed by atoms with Crippen LogP contribution in [0.4, 0.5) is 5.69 Å². The van der Waals surface area contributed by atoms with Gasteiger partial charge in [0.15, 0.2) is 5.11 Å². The summed E-state index contributed by atoms with van der Waals surface area (Å²) in [4.78, 5) is 0. The lowest BCUT2D eigenvalue weighted by molar-refractivity contribution is 0.515. The van der Waals surface area contributed by atoms with Crippen LogP contribution in [0.3, 0.4) is 0 Å². The first-order valence-electron chi connectivity index (χ1n) is 7.90. The van der Waals surface area contributed by atoms with Crippen LogP contribution in [0, 0.1) is 6.92 Å². The van der Waals surface area contributed by atoms with Gasteiger partial charge in [0.25, 0.3) is 0 Å². The summed E-state index contributed by atoms with van der Waals surface area (Å²) in [5, 5.41) is 7.49. The number of anilines is 1. The molecule has 21 heavy (non-hydrogen) atoms. The average molecular weight is 307 g/mol. The lowest BCUT2D eigenvalue weighted by Crippen LogP contribution is -2.43. The van der Waals surface area contributed by atoms with Crippen molar-refractivity contribution in [2.45, 2.75) is 72.8 Å². The molecule has 2 nitrogen and oxygen atoms in total. The quantitative estimate of drug-likeness (QED) is 0.752. The summed E-state index contributed by atoms with van der Waals surface area (Å²) in [5.74, 6) is 0.523. The third-order valence-electron chi connectivity index (χ3n) is 3.65. The Morgan fingerprint density at radius 2 is 1.86 bits per heavy atom. The van der Waals surface area contributed by atoms with Crippen LogP contribution in [-0.4, -0.2) is 10.7 Å². The Morgan fingerprint density at radius 3 is 2.33 bits per heavy atom. The average Bonchev–Trinajstić information content (AvgIpc) is 2.37. The molecule has 0 fully saturated rings. The SMILES string of the molecule is CCc1cc(C)cc(C(C)CC)c1NC(=S)NC(C)(C)C. The van der Waals surface area contributed by atoms with Gasteiger partial charge in [-0.15, -0.1) is 0 Å². The second kappa shape index (κ2) is 7.26. The van der Waals surface area contributed by atoms with Gasteiger partial charge in [0.1, 0.15) is 0 Å². The van der Waals surface area contributed by atoms with Gasteiger partial charge in [-0.1, -0.05) is 38.5 Å². The van der Waals surface area contributed by atoms with Crippen molar-refractivity contribution in [3.8, 4) is 0 Å². The zero-order chi connectivity index (χ0) is 16.2. The fourth-order valence-corrected chi connectivity index (χ4v) is 2.82. The highest BCUT2D eigenvalue weighted by atomic mass is 32.1. The maximum absolute atomic E-state index is 5.48. The first kappa shape index (κ1) is 18.0. The minimum absolute atomic E-state index is 0.0301. The summed E-state index contributed by atoms with van der Waals surface area (Å²) in [6.07, 6.45) is 2.13. The summed E-state index contributed by atoms with van der Waals surface area (Å²) in [5.41, 5.74) is 5.19. The van der Waals surface area contributed by atoms with Crippen LogP contribution in [0.1, 0.15) is 70.6 Å². The van der Waals surface area contributed by atoms with Crippen molar-refractivity contribution in [2.24, 2.45) is 0 Å². The normalized spacial score (nSPS) is 12.9. The van der Waals surface area contributed by atoms with E-state index in [0.717, 1.165) is 12.8 Å². The number of rotatable bonds is 4. The molecule has 1 aromatic rings. The summed E-state index contributed by atoms with van der Waals surface area (Å²) in [7, 11) is 0. The highest BCUT2D eigenvalue weighted by Gasteiger charge is 2.17. The molecule has 0 saturated carbocycles. The van der Waals surface area contributed by atoms with Gasteiger partial charge in [-0.25, -0.2) is 0 Å². The van der Waals surface area contributed by atoms with Crippen molar-refractivity contribution >= 4 is 23.0 Å². The maximum Gasteiger partial charge on any atom is 0.171 e. The Hall–Kier alpha value is -1.09. The number of nitrogens with one attached hydrogen (secondary N) is 2. The number of benzene rings is 1. The van der Waals surface area contributed by atoms with Crippen molar-refractivity contribution in [1.82, 2.24) is 5.32 Å². The molecule has 0 spiro atoms. The predicted molar refractivity (Wildman–Crippen MR) is 98.4 cm³/mol. The largest absolute Gasteiger partial charge is 0.358 e. The second-order valence-corrected chi connectivity index (χ2v) is 7.29. The summed E-state index contributed by atoms with van der Waals surface area (Å²) in [6, 6.07) is 4.54. The molecule has 3 heteroatoms. The van der Waals surface area contributed by atoms with E-state index in [1.807, 2.05) is 0 Å². The summed E-state index contributed by atoms with van der Waals surface area (Å²) < 4.78 is 0. The Balaban J connectivity index is 3.16. The highest BCUT2D eigenvalue weighted by Crippen LogP contribution is 2.32. The molecule has 0 bridgehead atoms. The van der Waals surface area contributed by atoms with Crippen LogP contribution in [0.25, 0.3) is 0 Å². The van der Waals surface area contributed by atoms with E-state index < -0.39 is 0 Å². The predicted octanol–water partition coefficient (Wildman–Crippen LogP) is 5.16. The van der Waals surface area contributed by atoms with Crippen LogP contribution >= 0.6 is 12.2 Å². The topological polar surface area (TPSA) is 24.1 Å². The molecule has 0 aliphatic heterocycles. The van der Waals surface area contributed by atoms with Gasteiger partial charge in [0.2, 0.25) is 0 Å². The number of hydrogen-bond donors (Lipinski definition) is 2. The van der Waals surface area contributed by atoms with E-state index in [4.69, 9.17) is 12.2 Å². The molecular formula is C18H30N2S. The number of hydrogen-bond acceptors (Lipinski definition) is 1. The minimum atomic E-state index is -0.0301. The third-order valence-corrected chi connectivity index (χ3v) is 3.85. The fourth-order valence-electron chi connectivity index (χ4n) is 2.42. The Bertz CT molecular complexity index is 501. The van der Waals surface area contributed by atoms with Crippen LogP contribution in [-0.2, 0) is 6.42 Å². The van der Waals surface area contributed by atoms with Gasteiger partial charge in [0, 0.05) is 11.2 Å². The van der Waals surface area contributed by atoms with Crippen LogP contribution in [0.2, 0.25) is 0 Å². The first-order valence-corrected chi connectivity index (χ1v) is 8.31. The van der Waals surface area contributed by atoms with Gasteiger partial charge < -0.3 is 10.6 Å². The lowest BCUT2D eigenvalue weighted by Gasteiger charge is -2.26. The molecule has 1 atom stereocenters. The van der Waals surface area contributed by atoms with E-state index >= 15 is 0 Å². The monoisotopic (exact) mass is 306 g/mol. The second-order valence-electron chi connectivity index (χ2n) is 6.88. The highest BCUT2D eigenvalue weighted by molar-refractivity contribution is 7.80. The smallest absolute Gasteiger partial charge is 0.171 e. The van der Waals surface area contributed by atoms with E-state index in [1.54, 1.807) is 0 Å². The van der Waals surface area contributed by atoms with Crippen molar-refractivity contribution in [2.75, 3.05) is 5.32 Å². The van der Waals surface area contributed by atoms with Crippen molar-refractivity contribution < 1.29 is 0 Å². The Morgan fingerprint density at radius 1 is 1.24 bits per heavy atom. The third kappa shape index (κ3) is 5.31. The molecule has 0 aliphatic rings. The Labute approximate surface area is 135 Å². The molecule has 2 N–H and O–H groups in total. The summed E-state index contributed by atoms with van der Waals surface area (Å²) >= 11 is 5.48. The molecule has 0 radical (unpaired) electrons. The zero-order valence-electron chi connectivity index (χ0n) is 14.6. The van der Waals surface area contributed by atoms with Gasteiger partial charge >= 0.3 is 0 Å². The molecule has 1 aromatic carbocycles. The molecule has 0 saturated heterocycles. The molecule has 1 unspecified atom stereocenters. The molecule has 118 valence electrons. The van der Waals surface area contributed by atoms with Crippen molar-refractivity contribution in [3.05, 3.63) is 28.8 Å². The van der Waals surface area contributed by atoms with Crippen LogP contribution in [0.5, 0.6) is 0 Å². The van der Waals surface area contributed by atoms with Gasteiger partial charge in [0.05, 0.1) is 0 Å². The standard InChI is InChI=1S/C18H30N2S/c1-8-13(4)15-11-12(3)10-14(9-2)16(15)19-17(21)20-18(5,6)7/h10-11,13H,8-9H2,1-7H3,(H2,19,20,21). The fraction of sp³-hybridized carbons (Fsp3) is 0.611. The van der Waals surface area contributed by atoms with E-state index in [-0.39, 0.29) is 5.54 Å². The molecular weight excluding hydrogens is 276 g/mol. The lowest BCUT2D eigenvalue weighted by atomic mass is 9.91. The van der Waals surface area contributed by atoms with Crippen molar-refractivity contribution in [3.63, 3.8) is 0 Å². The van der Waals surface area contributed by atoms with E-state index in [0.29, 0.717) is 11.0 Å². The molecule has 0 heterocycles. The first-order chi connectivity index (χ1) is 9.67. The minimum Gasteiger partial charge on any atom is -0.358 e. The van der Waals surface area contributed by atoms with Crippen LogP contribution < -0.4 is 10.6 Å². The molecule has 1 rings (SSSR count). The molecule has 0 aromatic heterocycles. The van der Waals surface area contributed by atoms with Gasteiger partial charge in [-0.3, -0.25) is 0 Å². The van der Waals surface area contributed by atoms with Gasteiger partial charge in [-0.2, -0.15) is 0 Å². The zero-order valence-corrected chi connectivity index (χ0v) is 15.4. The van der Waals surface area contributed by atoms with Crippen LogP contribution in [0.15, 0.2) is 12.1 Å². The maximum atomic E-state index is 5.48. The Kier molecular flexibility index (Phi) is 6.21. The summed E-state index contributed by atoms with van der Waals surface area (Å²) in [6.45, 7) is 15.2. The number of aryl methyl sites for hydroxylation is 2. The molecule has 0 aliphatic carbocycles. The van der Waals surface area contributed by atoms with Crippen molar-refractivity contribution in [1.29, 1.82) is 0 Å². The van der Waals surface area contributed by atoms with E-state index in [9.17, 15) is 0 Å². The number of thiocarbonyl (C=S) groups is 1. The molecule has 0 amide bonds. The van der Waals surface area contributed by atoms with E-state index in [1.165, 1.54) is 22.4 Å².